The molecule has 8 heteroatoms. The van der Waals surface area contributed by atoms with Crippen molar-refractivity contribution in [3.63, 3.8) is 0 Å². The van der Waals surface area contributed by atoms with Gasteiger partial charge in [0.25, 0.3) is 5.89 Å². The lowest BCUT2D eigenvalue weighted by Gasteiger charge is -2.11. The summed E-state index contributed by atoms with van der Waals surface area (Å²) >= 11 is 0. The van der Waals surface area contributed by atoms with Crippen LogP contribution in [0.25, 0.3) is 11.6 Å². The van der Waals surface area contributed by atoms with Crippen LogP contribution in [0.4, 0.5) is 0 Å². The fourth-order valence-corrected chi connectivity index (χ4v) is 2.35. The second-order valence-corrected chi connectivity index (χ2v) is 6.30. The third-order valence-corrected chi connectivity index (χ3v) is 3.72. The van der Waals surface area contributed by atoms with Crippen LogP contribution < -0.4 is 10.6 Å². The van der Waals surface area contributed by atoms with Crippen LogP contribution in [0.3, 0.4) is 0 Å². The third kappa shape index (κ3) is 8.11. The molecule has 0 aliphatic carbocycles. The second-order valence-electron chi connectivity index (χ2n) is 6.30. The highest BCUT2D eigenvalue weighted by molar-refractivity contribution is 14.0. The van der Waals surface area contributed by atoms with Gasteiger partial charge in [0.05, 0.1) is 0 Å². The summed E-state index contributed by atoms with van der Waals surface area (Å²) in [7, 11) is 1.77. The van der Waals surface area contributed by atoms with E-state index in [1.54, 1.807) is 13.2 Å². The van der Waals surface area contributed by atoms with Gasteiger partial charge in [-0.05, 0) is 24.5 Å². The monoisotopic (exact) mass is 472 g/mol. The van der Waals surface area contributed by atoms with Crippen LogP contribution in [0.2, 0.25) is 0 Å². The van der Waals surface area contributed by atoms with Gasteiger partial charge in [-0.2, -0.15) is 4.98 Å². The summed E-state index contributed by atoms with van der Waals surface area (Å²) in [6.45, 7) is 6.13. The van der Waals surface area contributed by atoms with E-state index in [9.17, 15) is 0 Å². The smallest absolute Gasteiger partial charge is 0.276 e. The Morgan fingerprint density at radius 2 is 2.00 bits per heavy atom. The first kappa shape index (κ1) is 22.3. The molecule has 2 heterocycles. The van der Waals surface area contributed by atoms with E-state index >= 15 is 0 Å². The van der Waals surface area contributed by atoms with E-state index in [2.05, 4.69) is 44.6 Å². The predicted molar refractivity (Wildman–Crippen MR) is 115 cm³/mol. The molecular formula is C18H29IN6O. The van der Waals surface area contributed by atoms with E-state index in [4.69, 9.17) is 4.52 Å². The van der Waals surface area contributed by atoms with Crippen LogP contribution in [0.1, 0.15) is 38.9 Å². The summed E-state index contributed by atoms with van der Waals surface area (Å²) in [6, 6.07) is 5.59. The molecule has 0 bridgehead atoms. The molecular weight excluding hydrogens is 443 g/mol. The van der Waals surface area contributed by atoms with Crippen molar-refractivity contribution < 1.29 is 4.52 Å². The molecule has 0 aromatic carbocycles. The number of nitrogens with zero attached hydrogens (tertiary/aromatic N) is 4. The molecule has 26 heavy (non-hydrogen) atoms. The van der Waals surface area contributed by atoms with E-state index in [-0.39, 0.29) is 24.0 Å². The molecule has 2 rings (SSSR count). The number of pyridine rings is 1. The zero-order chi connectivity index (χ0) is 17.9. The van der Waals surface area contributed by atoms with Gasteiger partial charge in [-0.1, -0.05) is 37.9 Å². The molecule has 2 aromatic rings. The first-order valence-electron chi connectivity index (χ1n) is 8.87. The Labute approximate surface area is 172 Å². The van der Waals surface area contributed by atoms with Crippen molar-refractivity contribution in [1.29, 1.82) is 0 Å². The largest absolute Gasteiger partial charge is 0.356 e. The maximum absolute atomic E-state index is 5.25. The van der Waals surface area contributed by atoms with Crippen molar-refractivity contribution in [3.8, 4) is 11.6 Å². The van der Waals surface area contributed by atoms with Crippen LogP contribution in [-0.2, 0) is 6.42 Å². The Kier molecular flexibility index (Phi) is 10.8. The maximum Gasteiger partial charge on any atom is 0.276 e. The summed E-state index contributed by atoms with van der Waals surface area (Å²) < 4.78 is 5.25. The summed E-state index contributed by atoms with van der Waals surface area (Å²) in [5, 5.41) is 10.6. The van der Waals surface area contributed by atoms with Crippen LogP contribution in [-0.4, -0.2) is 41.2 Å². The molecule has 0 aliphatic heterocycles. The summed E-state index contributed by atoms with van der Waals surface area (Å²) in [5.74, 6) is 2.67. The average molecular weight is 472 g/mol. The minimum atomic E-state index is 0. The van der Waals surface area contributed by atoms with Gasteiger partial charge in [-0.25, -0.2) is 0 Å². The molecule has 2 aromatic heterocycles. The molecule has 0 spiro atoms. The van der Waals surface area contributed by atoms with Gasteiger partial charge < -0.3 is 15.2 Å². The number of aliphatic imine (C=N–C) groups is 1. The van der Waals surface area contributed by atoms with E-state index in [0.29, 0.717) is 30.4 Å². The van der Waals surface area contributed by atoms with Crippen molar-refractivity contribution in [2.75, 3.05) is 20.1 Å². The molecule has 0 amide bonds. The number of unbranched alkanes of at least 4 members (excludes halogenated alkanes) is 1. The Morgan fingerprint density at radius 3 is 2.69 bits per heavy atom. The molecule has 0 unspecified atom stereocenters. The van der Waals surface area contributed by atoms with Gasteiger partial charge in [0, 0.05) is 32.8 Å². The Balaban J connectivity index is 0.00000338. The van der Waals surface area contributed by atoms with Gasteiger partial charge in [0.1, 0.15) is 5.69 Å². The van der Waals surface area contributed by atoms with E-state index in [0.717, 1.165) is 24.8 Å². The standard InChI is InChI=1S/C18H28N6O.HI/c1-14(2)8-4-6-12-21-18(19-3)22-13-10-16-23-17(25-24-16)15-9-5-7-11-20-15;/h5,7,9,11,14H,4,6,8,10,12-13H2,1-3H3,(H2,19,21,22);1H. The van der Waals surface area contributed by atoms with Gasteiger partial charge >= 0.3 is 0 Å². The van der Waals surface area contributed by atoms with Crippen molar-refractivity contribution in [1.82, 2.24) is 25.8 Å². The van der Waals surface area contributed by atoms with Gasteiger partial charge in [-0.15, -0.1) is 24.0 Å². The lowest BCUT2D eigenvalue weighted by Crippen LogP contribution is -2.38. The van der Waals surface area contributed by atoms with Crippen molar-refractivity contribution in [2.45, 2.75) is 39.5 Å². The van der Waals surface area contributed by atoms with Crippen LogP contribution >= 0.6 is 24.0 Å². The molecule has 0 atom stereocenters. The fourth-order valence-electron chi connectivity index (χ4n) is 2.35. The minimum absolute atomic E-state index is 0. The first-order chi connectivity index (χ1) is 12.2. The van der Waals surface area contributed by atoms with Crippen LogP contribution in [0.5, 0.6) is 0 Å². The van der Waals surface area contributed by atoms with Gasteiger partial charge in [0.2, 0.25) is 0 Å². The van der Waals surface area contributed by atoms with E-state index < -0.39 is 0 Å². The normalized spacial score (nSPS) is 11.3. The molecule has 0 fully saturated rings. The zero-order valence-electron chi connectivity index (χ0n) is 15.7. The van der Waals surface area contributed by atoms with Crippen molar-refractivity contribution in [2.24, 2.45) is 10.9 Å². The fraction of sp³-hybridized carbons (Fsp3) is 0.556. The molecule has 0 aliphatic rings. The lowest BCUT2D eigenvalue weighted by molar-refractivity contribution is 0.421. The summed E-state index contributed by atoms with van der Waals surface area (Å²) in [5.41, 5.74) is 0.688. The molecule has 2 N–H and O–H groups in total. The van der Waals surface area contributed by atoms with Crippen molar-refractivity contribution in [3.05, 3.63) is 30.2 Å². The Bertz CT molecular complexity index is 644. The second kappa shape index (κ2) is 12.6. The molecule has 144 valence electrons. The molecule has 0 saturated carbocycles. The Hall–Kier alpha value is -1.71. The molecule has 0 radical (unpaired) electrons. The van der Waals surface area contributed by atoms with Gasteiger partial charge in [0.15, 0.2) is 11.8 Å². The van der Waals surface area contributed by atoms with Crippen LogP contribution in [0, 0.1) is 5.92 Å². The summed E-state index contributed by atoms with van der Waals surface area (Å²) in [4.78, 5) is 12.8. The highest BCUT2D eigenvalue weighted by atomic mass is 127. The van der Waals surface area contributed by atoms with Gasteiger partial charge in [-0.3, -0.25) is 9.98 Å². The molecule has 7 nitrogen and oxygen atoms in total. The van der Waals surface area contributed by atoms with E-state index in [1.165, 1.54) is 12.8 Å². The zero-order valence-corrected chi connectivity index (χ0v) is 18.1. The predicted octanol–water partition coefficient (Wildman–Crippen LogP) is 3.28. The highest BCUT2D eigenvalue weighted by Gasteiger charge is 2.09. The quantitative estimate of drug-likeness (QED) is 0.252. The Morgan fingerprint density at radius 1 is 1.19 bits per heavy atom. The van der Waals surface area contributed by atoms with Crippen molar-refractivity contribution >= 4 is 29.9 Å². The number of rotatable bonds is 9. The minimum Gasteiger partial charge on any atom is -0.356 e. The number of guanidine groups is 1. The summed E-state index contributed by atoms with van der Waals surface area (Å²) in [6.07, 6.45) is 6.02. The average Bonchev–Trinajstić information content (AvgIpc) is 3.09. The maximum atomic E-state index is 5.25. The third-order valence-electron chi connectivity index (χ3n) is 3.72. The lowest BCUT2D eigenvalue weighted by atomic mass is 10.1. The van der Waals surface area contributed by atoms with E-state index in [1.807, 2.05) is 18.2 Å². The number of halogens is 1. The molecule has 0 saturated heterocycles. The highest BCUT2D eigenvalue weighted by Crippen LogP contribution is 2.13. The topological polar surface area (TPSA) is 88.2 Å². The number of nitrogens with one attached hydrogen (secondary N) is 2. The number of hydrogen-bond donors (Lipinski definition) is 2. The SMILES string of the molecule is CN=C(NCCCCC(C)C)NCCc1noc(-c2ccccn2)n1.I. The number of hydrogen-bond acceptors (Lipinski definition) is 5. The van der Waals surface area contributed by atoms with Crippen LogP contribution in [0.15, 0.2) is 33.9 Å². The number of aromatic nitrogens is 3. The first-order valence-corrected chi connectivity index (χ1v) is 8.87.